The van der Waals surface area contributed by atoms with E-state index in [-0.39, 0.29) is 31.4 Å². The number of piperazine rings is 1. The van der Waals surface area contributed by atoms with Crippen LogP contribution in [0.1, 0.15) is 5.56 Å². The molecule has 2 N–H and O–H groups in total. The number of nitrogens with two attached hydrogens (primary N) is 1. The molecule has 2 rings (SSSR count). The van der Waals surface area contributed by atoms with Crippen molar-refractivity contribution < 1.29 is 14.0 Å². The molecule has 96 valence electrons. The first-order valence-electron chi connectivity index (χ1n) is 5.53. The van der Waals surface area contributed by atoms with Gasteiger partial charge in [0.2, 0.25) is 11.8 Å². The van der Waals surface area contributed by atoms with Gasteiger partial charge in [0, 0.05) is 19.3 Å². The van der Waals surface area contributed by atoms with E-state index < -0.39 is 5.82 Å². The van der Waals surface area contributed by atoms with Crippen molar-refractivity contribution in [2.24, 2.45) is 0 Å². The highest BCUT2D eigenvalue weighted by molar-refractivity contribution is 5.92. The Labute approximate surface area is 104 Å². The van der Waals surface area contributed by atoms with E-state index in [1.807, 2.05) is 0 Å². The molecular weight excluding hydrogens is 237 g/mol. The SMILES string of the molecule is CN1CC(=O)N(Cc2cc(F)ccc2N)CC1=O. The van der Waals surface area contributed by atoms with Crippen molar-refractivity contribution in [3.05, 3.63) is 29.6 Å². The third-order valence-corrected chi connectivity index (χ3v) is 2.94. The molecule has 1 aliphatic heterocycles. The number of carbonyl (C=O) groups is 2. The standard InChI is InChI=1S/C12H14FN3O2/c1-15-6-12(18)16(7-11(15)17)5-8-4-9(13)2-3-10(8)14/h2-4H,5-7,14H2,1H3. The fourth-order valence-electron chi connectivity index (χ4n) is 1.82. The number of nitrogen functional groups attached to an aromatic ring is 1. The summed E-state index contributed by atoms with van der Waals surface area (Å²) in [7, 11) is 1.58. The van der Waals surface area contributed by atoms with Crippen molar-refractivity contribution in [1.82, 2.24) is 9.80 Å². The molecule has 1 heterocycles. The van der Waals surface area contributed by atoms with Gasteiger partial charge in [0.25, 0.3) is 0 Å². The zero-order chi connectivity index (χ0) is 13.3. The van der Waals surface area contributed by atoms with E-state index in [1.165, 1.54) is 28.0 Å². The van der Waals surface area contributed by atoms with E-state index in [4.69, 9.17) is 5.73 Å². The highest BCUT2D eigenvalue weighted by atomic mass is 19.1. The smallest absolute Gasteiger partial charge is 0.242 e. The van der Waals surface area contributed by atoms with Gasteiger partial charge >= 0.3 is 0 Å². The summed E-state index contributed by atoms with van der Waals surface area (Å²) in [5.74, 6) is -0.711. The maximum absolute atomic E-state index is 13.1. The molecule has 2 amide bonds. The molecule has 0 atom stereocenters. The number of benzene rings is 1. The molecule has 1 fully saturated rings. The molecule has 0 saturated carbocycles. The highest BCUT2D eigenvalue weighted by Crippen LogP contribution is 2.17. The second-order valence-electron chi connectivity index (χ2n) is 4.34. The van der Waals surface area contributed by atoms with Crippen LogP contribution in [-0.2, 0) is 16.1 Å². The van der Waals surface area contributed by atoms with Crippen LogP contribution < -0.4 is 5.73 Å². The third-order valence-electron chi connectivity index (χ3n) is 2.94. The van der Waals surface area contributed by atoms with Crippen LogP contribution in [0.3, 0.4) is 0 Å². The highest BCUT2D eigenvalue weighted by Gasteiger charge is 2.27. The van der Waals surface area contributed by atoms with Crippen molar-refractivity contribution in [3.63, 3.8) is 0 Å². The minimum Gasteiger partial charge on any atom is -0.398 e. The number of hydrogen-bond donors (Lipinski definition) is 1. The van der Waals surface area contributed by atoms with Crippen molar-refractivity contribution >= 4 is 17.5 Å². The predicted molar refractivity (Wildman–Crippen MR) is 63.9 cm³/mol. The van der Waals surface area contributed by atoms with Gasteiger partial charge in [-0.1, -0.05) is 0 Å². The number of anilines is 1. The molecule has 1 saturated heterocycles. The van der Waals surface area contributed by atoms with E-state index in [2.05, 4.69) is 0 Å². The topological polar surface area (TPSA) is 66.6 Å². The lowest BCUT2D eigenvalue weighted by Gasteiger charge is -2.31. The zero-order valence-corrected chi connectivity index (χ0v) is 10.0. The summed E-state index contributed by atoms with van der Waals surface area (Å²) >= 11 is 0. The zero-order valence-electron chi connectivity index (χ0n) is 10.0. The van der Waals surface area contributed by atoms with Crippen LogP contribution in [0.15, 0.2) is 18.2 Å². The Balaban J connectivity index is 2.16. The number of nitrogens with zero attached hydrogens (tertiary/aromatic N) is 2. The average Bonchev–Trinajstić information content (AvgIpc) is 2.30. The van der Waals surface area contributed by atoms with Crippen LogP contribution in [0.5, 0.6) is 0 Å². The second-order valence-corrected chi connectivity index (χ2v) is 4.34. The summed E-state index contributed by atoms with van der Waals surface area (Å²) in [5.41, 5.74) is 6.64. The molecule has 0 aromatic heterocycles. The molecule has 1 aromatic rings. The summed E-state index contributed by atoms with van der Waals surface area (Å²) in [6.07, 6.45) is 0. The molecule has 6 heteroatoms. The molecule has 0 bridgehead atoms. The molecule has 0 unspecified atom stereocenters. The van der Waals surface area contributed by atoms with Gasteiger partial charge in [0.1, 0.15) is 12.4 Å². The lowest BCUT2D eigenvalue weighted by Crippen LogP contribution is -2.51. The lowest BCUT2D eigenvalue weighted by molar-refractivity contribution is -0.149. The molecule has 1 aromatic carbocycles. The van der Waals surface area contributed by atoms with Gasteiger partial charge in [-0.3, -0.25) is 9.59 Å². The van der Waals surface area contributed by atoms with Crippen LogP contribution in [0.25, 0.3) is 0 Å². The second kappa shape index (κ2) is 4.64. The molecule has 18 heavy (non-hydrogen) atoms. The summed E-state index contributed by atoms with van der Waals surface area (Å²) in [6.45, 7) is 0.210. The van der Waals surface area contributed by atoms with Crippen LogP contribution in [-0.4, -0.2) is 41.8 Å². The maximum atomic E-state index is 13.1. The largest absolute Gasteiger partial charge is 0.398 e. The quantitative estimate of drug-likeness (QED) is 0.764. The number of amides is 2. The third kappa shape index (κ3) is 2.42. The van der Waals surface area contributed by atoms with Crippen LogP contribution in [0.2, 0.25) is 0 Å². The Kier molecular flexibility index (Phi) is 3.18. The van der Waals surface area contributed by atoms with E-state index >= 15 is 0 Å². The summed E-state index contributed by atoms with van der Waals surface area (Å²) < 4.78 is 13.1. The van der Waals surface area contributed by atoms with Crippen LogP contribution in [0.4, 0.5) is 10.1 Å². The van der Waals surface area contributed by atoms with Crippen molar-refractivity contribution in [2.45, 2.75) is 6.54 Å². The minimum absolute atomic E-state index is 0.00524. The molecule has 0 aliphatic carbocycles. The lowest BCUT2D eigenvalue weighted by atomic mass is 10.1. The van der Waals surface area contributed by atoms with Gasteiger partial charge in [-0.2, -0.15) is 0 Å². The number of halogens is 1. The van der Waals surface area contributed by atoms with Gasteiger partial charge in [-0.25, -0.2) is 4.39 Å². The fraction of sp³-hybridized carbons (Fsp3) is 0.333. The Bertz CT molecular complexity index is 504. The van der Waals surface area contributed by atoms with E-state index in [0.29, 0.717) is 11.3 Å². The Morgan fingerprint density at radius 2 is 2.00 bits per heavy atom. The van der Waals surface area contributed by atoms with Gasteiger partial charge in [0.05, 0.1) is 6.54 Å². The van der Waals surface area contributed by atoms with Crippen LogP contribution in [0, 0.1) is 5.82 Å². The van der Waals surface area contributed by atoms with Gasteiger partial charge in [-0.15, -0.1) is 0 Å². The maximum Gasteiger partial charge on any atom is 0.242 e. The number of likely N-dealkylation sites (N-methyl/N-ethyl adjacent to an activating group) is 1. The summed E-state index contributed by atoms with van der Waals surface area (Å²) in [6, 6.07) is 3.99. The Hall–Kier alpha value is -2.11. The van der Waals surface area contributed by atoms with Crippen molar-refractivity contribution in [2.75, 3.05) is 25.9 Å². The van der Waals surface area contributed by atoms with Gasteiger partial charge in [0.15, 0.2) is 0 Å². The van der Waals surface area contributed by atoms with Crippen LogP contribution >= 0.6 is 0 Å². The Morgan fingerprint density at radius 1 is 1.28 bits per heavy atom. The monoisotopic (exact) mass is 251 g/mol. The fourth-order valence-corrected chi connectivity index (χ4v) is 1.82. The number of rotatable bonds is 2. The van der Waals surface area contributed by atoms with E-state index in [0.717, 1.165) is 0 Å². The number of carbonyl (C=O) groups excluding carboxylic acids is 2. The van der Waals surface area contributed by atoms with E-state index in [9.17, 15) is 14.0 Å². The summed E-state index contributed by atoms with van der Waals surface area (Å²) in [4.78, 5) is 26.0. The summed E-state index contributed by atoms with van der Waals surface area (Å²) in [5, 5.41) is 0. The predicted octanol–water partition coefficient (Wildman–Crippen LogP) is 0.208. The minimum atomic E-state index is -0.410. The first-order valence-corrected chi connectivity index (χ1v) is 5.53. The first-order chi connectivity index (χ1) is 8.47. The molecule has 5 nitrogen and oxygen atoms in total. The van der Waals surface area contributed by atoms with Gasteiger partial charge in [-0.05, 0) is 23.8 Å². The normalized spacial score (nSPS) is 16.3. The van der Waals surface area contributed by atoms with E-state index in [1.54, 1.807) is 7.05 Å². The Morgan fingerprint density at radius 3 is 2.72 bits per heavy atom. The first kappa shape index (κ1) is 12.3. The molecule has 0 spiro atoms. The number of hydrogen-bond acceptors (Lipinski definition) is 3. The molecule has 1 aliphatic rings. The average molecular weight is 251 g/mol. The molecule has 0 radical (unpaired) electrons. The van der Waals surface area contributed by atoms with Gasteiger partial charge < -0.3 is 15.5 Å². The van der Waals surface area contributed by atoms with Crippen molar-refractivity contribution in [1.29, 1.82) is 0 Å². The molecular formula is C12H14FN3O2. The van der Waals surface area contributed by atoms with Crippen molar-refractivity contribution in [3.8, 4) is 0 Å².